The Labute approximate surface area is 183 Å². The van der Waals surface area contributed by atoms with Gasteiger partial charge in [0.1, 0.15) is 11.4 Å². The second-order valence-electron chi connectivity index (χ2n) is 9.14. The summed E-state index contributed by atoms with van der Waals surface area (Å²) >= 11 is 0. The van der Waals surface area contributed by atoms with E-state index in [9.17, 15) is 4.79 Å². The van der Waals surface area contributed by atoms with Crippen LogP contribution in [0.25, 0.3) is 11.3 Å². The van der Waals surface area contributed by atoms with Crippen LogP contribution in [0.3, 0.4) is 0 Å². The fourth-order valence-electron chi connectivity index (χ4n) is 5.01. The van der Waals surface area contributed by atoms with Crippen LogP contribution in [0.4, 0.5) is 0 Å². The topological polar surface area (TPSA) is 47.4 Å². The standard InChI is InChI=1S/C26H29N3O2/c1-17(2)19-9-10-20(18(3)15-19)25(30)29-13-11-26(12-14-29)22-16-27-28(4)24(22)21-7-5-6-8-23(21)31-26/h5-10,15-17H,11-14H2,1-4H3. The molecule has 2 aliphatic heterocycles. The lowest BCUT2D eigenvalue weighted by Crippen LogP contribution is -2.49. The van der Waals surface area contributed by atoms with Crippen molar-refractivity contribution in [1.29, 1.82) is 0 Å². The summed E-state index contributed by atoms with van der Waals surface area (Å²) in [5, 5.41) is 4.54. The quantitative estimate of drug-likeness (QED) is 0.589. The van der Waals surface area contributed by atoms with Crippen molar-refractivity contribution >= 4 is 5.91 Å². The minimum Gasteiger partial charge on any atom is -0.482 e. The van der Waals surface area contributed by atoms with Gasteiger partial charge in [0.25, 0.3) is 5.91 Å². The SMILES string of the molecule is Cc1cc(C(C)C)ccc1C(=O)N1CCC2(CC1)Oc1ccccc1-c1c2cnn1C. The van der Waals surface area contributed by atoms with Gasteiger partial charge in [-0.2, -0.15) is 5.10 Å². The summed E-state index contributed by atoms with van der Waals surface area (Å²) in [6.45, 7) is 7.72. The van der Waals surface area contributed by atoms with Crippen LogP contribution in [0.15, 0.2) is 48.7 Å². The third-order valence-electron chi connectivity index (χ3n) is 6.88. The molecule has 0 bridgehead atoms. The molecule has 1 fully saturated rings. The number of benzene rings is 2. The van der Waals surface area contributed by atoms with Gasteiger partial charge in [-0.25, -0.2) is 0 Å². The Morgan fingerprint density at radius 1 is 1.13 bits per heavy atom. The van der Waals surface area contributed by atoms with Crippen molar-refractivity contribution in [2.75, 3.05) is 13.1 Å². The van der Waals surface area contributed by atoms with Crippen LogP contribution in [-0.2, 0) is 12.6 Å². The molecule has 5 rings (SSSR count). The largest absolute Gasteiger partial charge is 0.482 e. The van der Waals surface area contributed by atoms with Gasteiger partial charge in [0.2, 0.25) is 0 Å². The summed E-state index contributed by atoms with van der Waals surface area (Å²) in [7, 11) is 1.98. The molecule has 1 saturated heterocycles. The maximum atomic E-state index is 13.3. The number of aromatic nitrogens is 2. The zero-order chi connectivity index (χ0) is 21.8. The summed E-state index contributed by atoms with van der Waals surface area (Å²) in [5.41, 5.74) is 6.05. The maximum Gasteiger partial charge on any atom is 0.254 e. The molecule has 0 aliphatic carbocycles. The molecule has 0 radical (unpaired) electrons. The Kier molecular flexibility index (Phi) is 4.65. The van der Waals surface area contributed by atoms with Crippen molar-refractivity contribution in [2.24, 2.45) is 7.05 Å². The lowest BCUT2D eigenvalue weighted by molar-refractivity contribution is -0.00174. The van der Waals surface area contributed by atoms with E-state index in [4.69, 9.17) is 4.74 Å². The second kappa shape index (κ2) is 7.26. The van der Waals surface area contributed by atoms with Crippen LogP contribution in [0.2, 0.25) is 0 Å². The average Bonchev–Trinajstić information content (AvgIpc) is 3.17. The number of hydrogen-bond donors (Lipinski definition) is 0. The van der Waals surface area contributed by atoms with Crippen molar-refractivity contribution in [3.8, 4) is 17.0 Å². The lowest BCUT2D eigenvalue weighted by Gasteiger charge is -2.44. The monoisotopic (exact) mass is 415 g/mol. The maximum absolute atomic E-state index is 13.3. The van der Waals surface area contributed by atoms with Crippen LogP contribution in [0.1, 0.15) is 59.7 Å². The number of piperidine rings is 1. The number of fused-ring (bicyclic) bond motifs is 4. The third kappa shape index (κ3) is 3.14. The Balaban J connectivity index is 1.40. The minimum absolute atomic E-state index is 0.116. The summed E-state index contributed by atoms with van der Waals surface area (Å²) < 4.78 is 8.55. The average molecular weight is 416 g/mol. The van der Waals surface area contributed by atoms with E-state index in [2.05, 4.69) is 37.1 Å². The van der Waals surface area contributed by atoms with Gasteiger partial charge >= 0.3 is 0 Å². The number of carbonyl (C=O) groups is 1. The molecule has 0 saturated carbocycles. The van der Waals surface area contributed by atoms with Gasteiger partial charge in [-0.15, -0.1) is 0 Å². The van der Waals surface area contributed by atoms with E-state index in [1.54, 1.807) is 0 Å². The first-order valence-electron chi connectivity index (χ1n) is 11.1. The van der Waals surface area contributed by atoms with E-state index in [0.29, 0.717) is 19.0 Å². The molecule has 1 aromatic heterocycles. The third-order valence-corrected chi connectivity index (χ3v) is 6.88. The molecule has 2 aliphatic rings. The fraction of sp³-hybridized carbons (Fsp3) is 0.385. The number of carbonyl (C=O) groups excluding carboxylic acids is 1. The van der Waals surface area contributed by atoms with Gasteiger partial charge in [0, 0.05) is 49.7 Å². The number of amides is 1. The fourth-order valence-corrected chi connectivity index (χ4v) is 5.01. The number of ether oxygens (including phenoxy) is 1. The van der Waals surface area contributed by atoms with E-state index in [1.165, 1.54) is 5.56 Å². The molecule has 5 nitrogen and oxygen atoms in total. The zero-order valence-electron chi connectivity index (χ0n) is 18.7. The van der Waals surface area contributed by atoms with E-state index >= 15 is 0 Å². The van der Waals surface area contributed by atoms with Gasteiger partial charge in [0.05, 0.1) is 11.9 Å². The number of likely N-dealkylation sites (tertiary alicyclic amines) is 1. The van der Waals surface area contributed by atoms with Crippen molar-refractivity contribution in [2.45, 2.75) is 45.1 Å². The van der Waals surface area contributed by atoms with Crippen LogP contribution >= 0.6 is 0 Å². The van der Waals surface area contributed by atoms with Crippen molar-refractivity contribution in [3.05, 3.63) is 70.9 Å². The first kappa shape index (κ1) is 19.9. The number of aryl methyl sites for hydroxylation is 2. The highest BCUT2D eigenvalue weighted by Crippen LogP contribution is 2.49. The Morgan fingerprint density at radius 2 is 1.87 bits per heavy atom. The molecule has 3 aromatic rings. The molecule has 5 heteroatoms. The highest BCUT2D eigenvalue weighted by atomic mass is 16.5. The number of hydrogen-bond acceptors (Lipinski definition) is 3. The molecule has 0 N–H and O–H groups in total. The second-order valence-corrected chi connectivity index (χ2v) is 9.14. The molecule has 1 spiro atoms. The van der Waals surface area contributed by atoms with E-state index in [-0.39, 0.29) is 5.91 Å². The van der Waals surface area contributed by atoms with E-state index in [1.807, 2.05) is 54.0 Å². The zero-order valence-corrected chi connectivity index (χ0v) is 18.7. The van der Waals surface area contributed by atoms with Gasteiger partial charge in [0.15, 0.2) is 0 Å². The summed E-state index contributed by atoms with van der Waals surface area (Å²) in [4.78, 5) is 15.3. The molecule has 0 unspecified atom stereocenters. The lowest BCUT2D eigenvalue weighted by atomic mass is 9.81. The van der Waals surface area contributed by atoms with Crippen LogP contribution in [0, 0.1) is 6.92 Å². The van der Waals surface area contributed by atoms with Gasteiger partial charge in [-0.05, 0) is 42.2 Å². The van der Waals surface area contributed by atoms with Gasteiger partial charge in [-0.1, -0.05) is 38.1 Å². The summed E-state index contributed by atoms with van der Waals surface area (Å²) in [6.07, 6.45) is 3.46. The van der Waals surface area contributed by atoms with Gasteiger partial charge in [-0.3, -0.25) is 9.48 Å². The first-order chi connectivity index (χ1) is 14.9. The van der Waals surface area contributed by atoms with Crippen molar-refractivity contribution in [1.82, 2.24) is 14.7 Å². The predicted molar refractivity (Wildman–Crippen MR) is 121 cm³/mol. The first-order valence-corrected chi connectivity index (χ1v) is 11.1. The van der Waals surface area contributed by atoms with Crippen LogP contribution < -0.4 is 4.74 Å². The highest BCUT2D eigenvalue weighted by Gasteiger charge is 2.45. The van der Waals surface area contributed by atoms with Crippen LogP contribution in [-0.4, -0.2) is 33.7 Å². The molecule has 1 amide bonds. The smallest absolute Gasteiger partial charge is 0.254 e. The van der Waals surface area contributed by atoms with E-state index < -0.39 is 5.60 Å². The molecule has 0 atom stereocenters. The molecular weight excluding hydrogens is 386 g/mol. The molecule has 2 aromatic carbocycles. The summed E-state index contributed by atoms with van der Waals surface area (Å²) in [5.74, 6) is 1.47. The highest BCUT2D eigenvalue weighted by molar-refractivity contribution is 5.95. The number of rotatable bonds is 2. The molecule has 3 heterocycles. The summed E-state index contributed by atoms with van der Waals surface area (Å²) in [6, 6.07) is 14.4. The van der Waals surface area contributed by atoms with Crippen molar-refractivity contribution in [3.63, 3.8) is 0 Å². The number of para-hydroxylation sites is 1. The van der Waals surface area contributed by atoms with Crippen LogP contribution in [0.5, 0.6) is 5.75 Å². The predicted octanol–water partition coefficient (Wildman–Crippen LogP) is 5.04. The Bertz CT molecular complexity index is 1150. The van der Waals surface area contributed by atoms with Crippen molar-refractivity contribution < 1.29 is 9.53 Å². The molecule has 31 heavy (non-hydrogen) atoms. The molecular formula is C26H29N3O2. The normalized spacial score (nSPS) is 16.7. The number of nitrogens with zero attached hydrogens (tertiary/aromatic N) is 3. The van der Waals surface area contributed by atoms with E-state index in [0.717, 1.165) is 46.5 Å². The van der Waals surface area contributed by atoms with Gasteiger partial charge < -0.3 is 9.64 Å². The Hall–Kier alpha value is -3.08. The minimum atomic E-state index is -0.425. The Morgan fingerprint density at radius 3 is 2.58 bits per heavy atom. The molecule has 160 valence electrons.